The summed E-state index contributed by atoms with van der Waals surface area (Å²) in [5.74, 6) is 0. The van der Waals surface area contributed by atoms with Crippen LogP contribution >= 0.6 is 12.0 Å². The van der Waals surface area contributed by atoms with Gasteiger partial charge in [0.2, 0.25) is 4.93 Å². The molecule has 6 heteroatoms. The summed E-state index contributed by atoms with van der Waals surface area (Å²) in [6, 6.07) is 0. The summed E-state index contributed by atoms with van der Waals surface area (Å²) in [6.45, 7) is 0.470. The second kappa shape index (κ2) is 2.36. The van der Waals surface area contributed by atoms with Crippen molar-refractivity contribution in [3.63, 3.8) is 0 Å². The van der Waals surface area contributed by atoms with Crippen molar-refractivity contribution in [2.75, 3.05) is 0 Å². The van der Waals surface area contributed by atoms with Crippen molar-refractivity contribution in [3.05, 3.63) is 0 Å². The van der Waals surface area contributed by atoms with Crippen LogP contribution in [0.4, 0.5) is 13.2 Å². The Labute approximate surface area is 53.9 Å². The van der Waals surface area contributed by atoms with E-state index in [1.54, 1.807) is 0 Å². The van der Waals surface area contributed by atoms with Crippen LogP contribution in [0.2, 0.25) is 0 Å². The van der Waals surface area contributed by atoms with E-state index in [2.05, 4.69) is 0 Å². The molecule has 1 atom stereocenters. The highest BCUT2D eigenvalue weighted by molar-refractivity contribution is 7.95. The average molecular weight is 162 g/mol. The molecule has 0 aliphatic carbocycles. The summed E-state index contributed by atoms with van der Waals surface area (Å²) < 4.78 is 42.1. The van der Waals surface area contributed by atoms with Gasteiger partial charge in [0.25, 0.3) is 0 Å². The molecule has 0 bridgehead atoms. The lowest BCUT2D eigenvalue weighted by atomic mass is 10.4. The molecule has 0 aliphatic rings. The van der Waals surface area contributed by atoms with Crippen molar-refractivity contribution in [2.45, 2.75) is 18.0 Å². The lowest BCUT2D eigenvalue weighted by Crippen LogP contribution is -2.38. The molecule has 0 amide bonds. The molecule has 2 N–H and O–H groups in total. The van der Waals surface area contributed by atoms with Gasteiger partial charge in [-0.1, -0.05) is 0 Å². The third kappa shape index (κ3) is 2.04. The first-order valence-electron chi connectivity index (χ1n) is 1.93. The highest BCUT2D eigenvalue weighted by Gasteiger charge is 2.50. The second-order valence-corrected chi connectivity index (χ2v) is 2.55. The van der Waals surface area contributed by atoms with Crippen LogP contribution in [0, 0.1) is 0 Å². The van der Waals surface area contributed by atoms with Gasteiger partial charge in [0, 0.05) is 12.0 Å². The monoisotopic (exact) mass is 162 g/mol. The first-order chi connectivity index (χ1) is 3.81. The molecule has 0 aromatic rings. The van der Waals surface area contributed by atoms with E-state index in [1.807, 2.05) is 0 Å². The summed E-state index contributed by atoms with van der Waals surface area (Å²) >= 11 is -0.635. The predicted octanol–water partition coefficient (Wildman–Crippen LogP) is 1.46. The molecule has 0 aromatic carbocycles. The highest BCUT2D eigenvalue weighted by atomic mass is 32.2. The molecule has 0 aliphatic heterocycles. The smallest absolute Gasteiger partial charge is 0.370 e. The zero-order chi connectivity index (χ0) is 7.71. The minimum absolute atomic E-state index is 0.470. The van der Waals surface area contributed by atoms with Crippen LogP contribution < -0.4 is 0 Å². The van der Waals surface area contributed by atoms with Crippen LogP contribution in [0.3, 0.4) is 0 Å². The predicted molar refractivity (Wildman–Crippen MR) is 26.9 cm³/mol. The molecule has 0 aromatic heterocycles. The molecule has 0 fully saturated rings. The van der Waals surface area contributed by atoms with Gasteiger partial charge in [-0.25, -0.2) is 0 Å². The van der Waals surface area contributed by atoms with Crippen molar-refractivity contribution in [1.29, 1.82) is 0 Å². The summed E-state index contributed by atoms with van der Waals surface area (Å²) in [6.07, 6.45) is -4.79. The fraction of sp³-hybridized carbons (Fsp3) is 1.00. The maximum absolute atomic E-state index is 11.4. The largest absolute Gasteiger partial charge is 0.428 e. The molecule has 56 valence electrons. The number of aliphatic hydroxyl groups is 1. The Balaban J connectivity index is 4.14. The van der Waals surface area contributed by atoms with Gasteiger partial charge in [-0.3, -0.25) is 0 Å². The highest BCUT2D eigenvalue weighted by Crippen LogP contribution is 2.36. The van der Waals surface area contributed by atoms with Gasteiger partial charge in [0.15, 0.2) is 0 Å². The minimum Gasteiger partial charge on any atom is -0.370 e. The standard InChI is InChI=1S/C3H5F3O2S/c1-2(7,9-8)3(4,5)6/h7-8H,1H3. The zero-order valence-electron chi connectivity index (χ0n) is 4.44. The van der Waals surface area contributed by atoms with Gasteiger partial charge in [0.05, 0.1) is 0 Å². The Hall–Kier alpha value is 0.0600. The Morgan fingerprint density at radius 1 is 1.33 bits per heavy atom. The van der Waals surface area contributed by atoms with Gasteiger partial charge < -0.3 is 9.66 Å². The fourth-order valence-electron chi connectivity index (χ4n) is 0.0518. The molecular formula is C3H5F3O2S. The van der Waals surface area contributed by atoms with Crippen molar-refractivity contribution >= 4 is 12.0 Å². The van der Waals surface area contributed by atoms with Crippen LogP contribution in [0.25, 0.3) is 0 Å². The molecule has 0 spiro atoms. The Morgan fingerprint density at radius 2 is 1.67 bits per heavy atom. The van der Waals surface area contributed by atoms with E-state index in [4.69, 9.17) is 9.66 Å². The maximum Gasteiger partial charge on any atom is 0.428 e. The van der Waals surface area contributed by atoms with Crippen LogP contribution in [0.5, 0.6) is 0 Å². The van der Waals surface area contributed by atoms with E-state index in [-0.39, 0.29) is 0 Å². The minimum atomic E-state index is -4.79. The third-order valence-electron chi connectivity index (χ3n) is 0.704. The number of hydrogen-bond donors (Lipinski definition) is 2. The van der Waals surface area contributed by atoms with E-state index in [0.29, 0.717) is 6.92 Å². The number of hydrogen-bond acceptors (Lipinski definition) is 3. The zero-order valence-corrected chi connectivity index (χ0v) is 5.25. The van der Waals surface area contributed by atoms with Gasteiger partial charge in [-0.15, -0.1) is 0 Å². The molecule has 0 heterocycles. The Bertz CT molecular complexity index is 99.7. The molecular weight excluding hydrogens is 157 g/mol. The Morgan fingerprint density at radius 3 is 1.67 bits per heavy atom. The molecule has 0 saturated heterocycles. The fourth-order valence-corrected chi connectivity index (χ4v) is 0.155. The molecule has 0 rings (SSSR count). The van der Waals surface area contributed by atoms with Gasteiger partial charge >= 0.3 is 6.18 Å². The van der Waals surface area contributed by atoms with Crippen molar-refractivity contribution in [3.8, 4) is 0 Å². The molecule has 0 radical (unpaired) electrons. The number of halogens is 3. The summed E-state index contributed by atoms with van der Waals surface area (Å²) in [7, 11) is 0. The van der Waals surface area contributed by atoms with E-state index in [9.17, 15) is 13.2 Å². The third-order valence-corrected chi connectivity index (χ3v) is 1.29. The van der Waals surface area contributed by atoms with Crippen LogP contribution in [0.15, 0.2) is 0 Å². The lowest BCUT2D eigenvalue weighted by molar-refractivity contribution is -0.214. The van der Waals surface area contributed by atoms with E-state index in [1.165, 1.54) is 0 Å². The van der Waals surface area contributed by atoms with E-state index < -0.39 is 23.2 Å². The summed E-state index contributed by atoms with van der Waals surface area (Å²) in [4.78, 5) is -3.05. The van der Waals surface area contributed by atoms with Crippen molar-refractivity contribution in [2.24, 2.45) is 0 Å². The van der Waals surface area contributed by atoms with E-state index in [0.717, 1.165) is 0 Å². The van der Waals surface area contributed by atoms with Crippen molar-refractivity contribution in [1.82, 2.24) is 0 Å². The number of rotatable bonds is 1. The normalized spacial score (nSPS) is 19.3. The van der Waals surface area contributed by atoms with Gasteiger partial charge in [0.1, 0.15) is 0 Å². The average Bonchev–Trinajstić information content (AvgIpc) is 1.64. The summed E-state index contributed by atoms with van der Waals surface area (Å²) in [5.41, 5.74) is 0. The lowest BCUT2D eigenvalue weighted by Gasteiger charge is -2.21. The number of alkyl halides is 3. The maximum atomic E-state index is 11.4. The van der Waals surface area contributed by atoms with Gasteiger partial charge in [-0.05, 0) is 6.92 Å². The van der Waals surface area contributed by atoms with Crippen LogP contribution in [0.1, 0.15) is 6.92 Å². The molecule has 1 unspecified atom stereocenters. The quantitative estimate of drug-likeness (QED) is 0.453. The van der Waals surface area contributed by atoms with Crippen LogP contribution in [-0.2, 0) is 0 Å². The van der Waals surface area contributed by atoms with Gasteiger partial charge in [-0.2, -0.15) is 13.2 Å². The van der Waals surface area contributed by atoms with Crippen molar-refractivity contribution < 1.29 is 22.8 Å². The SMILES string of the molecule is CC(O)(SO)C(F)(F)F. The molecule has 2 nitrogen and oxygen atoms in total. The van der Waals surface area contributed by atoms with Crippen LogP contribution in [-0.4, -0.2) is 20.8 Å². The topological polar surface area (TPSA) is 40.5 Å². The first kappa shape index (κ1) is 9.06. The second-order valence-electron chi connectivity index (χ2n) is 1.57. The molecule has 0 saturated carbocycles. The van der Waals surface area contributed by atoms with E-state index >= 15 is 0 Å². The Kier molecular flexibility index (Phi) is 2.37. The molecule has 9 heavy (non-hydrogen) atoms. The summed E-state index contributed by atoms with van der Waals surface area (Å²) in [5, 5.41) is 8.25. The first-order valence-corrected chi connectivity index (χ1v) is 2.70.